The van der Waals surface area contributed by atoms with Crippen molar-refractivity contribution in [1.29, 1.82) is 0 Å². The second-order valence-electron chi connectivity index (χ2n) is 7.93. The van der Waals surface area contributed by atoms with Crippen LogP contribution in [-0.4, -0.2) is 53.1 Å². The standard InChI is InChI=1S/C21H23F2N5O4/c1-11(2)18(20(24)30)25-12-3-4-13-15(7-12)31-6-5-27-8-16(26-21(13)27)28-14(19(22)23)10-32-17(28)9-29/h3-4,7-8,11,14,18-19,25H,5-6,10H2,1-2H3,(H2,24,30)/t14-,18?/m0/s1. The van der Waals surface area contributed by atoms with Gasteiger partial charge in [-0.25, -0.2) is 18.6 Å². The van der Waals surface area contributed by atoms with E-state index in [0.717, 1.165) is 4.90 Å². The Labute approximate surface area is 182 Å². The molecule has 11 heteroatoms. The maximum Gasteiger partial charge on any atom is 0.284 e. The molecule has 9 nitrogen and oxygen atoms in total. The van der Waals surface area contributed by atoms with Crippen LogP contribution < -0.4 is 20.7 Å². The van der Waals surface area contributed by atoms with Crippen LogP contribution in [-0.2, 0) is 20.9 Å². The number of ether oxygens (including phenoxy) is 2. The highest BCUT2D eigenvalue weighted by Gasteiger charge is 2.40. The van der Waals surface area contributed by atoms with Crippen molar-refractivity contribution in [3.05, 3.63) is 30.3 Å². The van der Waals surface area contributed by atoms with Gasteiger partial charge < -0.3 is 25.1 Å². The van der Waals surface area contributed by atoms with Crippen molar-refractivity contribution >= 4 is 23.4 Å². The highest BCUT2D eigenvalue weighted by molar-refractivity contribution is 5.83. The zero-order valence-electron chi connectivity index (χ0n) is 17.5. The van der Waals surface area contributed by atoms with Gasteiger partial charge in [-0.1, -0.05) is 13.8 Å². The lowest BCUT2D eigenvalue weighted by Crippen LogP contribution is -2.39. The summed E-state index contributed by atoms with van der Waals surface area (Å²) in [6.45, 7) is 4.18. The Balaban J connectivity index is 1.69. The molecule has 0 spiro atoms. The van der Waals surface area contributed by atoms with Gasteiger partial charge >= 0.3 is 0 Å². The number of anilines is 2. The molecule has 1 saturated heterocycles. The minimum absolute atomic E-state index is 0.0146. The van der Waals surface area contributed by atoms with Crippen molar-refractivity contribution in [2.45, 2.75) is 38.9 Å². The average molecular weight is 447 g/mol. The molecule has 3 heterocycles. The van der Waals surface area contributed by atoms with Gasteiger partial charge in [0.1, 0.15) is 36.9 Å². The maximum atomic E-state index is 13.5. The molecule has 1 unspecified atom stereocenters. The van der Waals surface area contributed by atoms with Gasteiger partial charge in [-0.2, -0.15) is 0 Å². The van der Waals surface area contributed by atoms with Gasteiger partial charge in [0, 0.05) is 18.0 Å². The molecular weight excluding hydrogens is 424 g/mol. The second kappa shape index (κ2) is 8.51. The van der Waals surface area contributed by atoms with Crippen molar-refractivity contribution in [3.8, 4) is 17.1 Å². The van der Waals surface area contributed by atoms with E-state index in [4.69, 9.17) is 15.2 Å². The topological polar surface area (TPSA) is 112 Å². The molecule has 2 aliphatic heterocycles. The van der Waals surface area contributed by atoms with Gasteiger partial charge in [-0.15, -0.1) is 0 Å². The molecule has 2 aromatic rings. The average Bonchev–Trinajstić information content (AvgIpc) is 3.32. The number of carbonyl (C=O) groups is 1. The van der Waals surface area contributed by atoms with Crippen LogP contribution in [0.15, 0.2) is 30.3 Å². The third-order valence-corrected chi connectivity index (χ3v) is 5.44. The van der Waals surface area contributed by atoms with Crippen LogP contribution in [0.2, 0.25) is 0 Å². The van der Waals surface area contributed by atoms with E-state index >= 15 is 0 Å². The van der Waals surface area contributed by atoms with Crippen molar-refractivity contribution in [2.75, 3.05) is 23.4 Å². The number of fused-ring (bicyclic) bond motifs is 3. The summed E-state index contributed by atoms with van der Waals surface area (Å²) in [6, 6.07) is 3.40. The van der Waals surface area contributed by atoms with Crippen LogP contribution in [0, 0.1) is 5.92 Å². The van der Waals surface area contributed by atoms with Gasteiger partial charge in [0.05, 0.1) is 12.1 Å². The molecular formula is C21H23F2N5O4. The van der Waals surface area contributed by atoms with E-state index < -0.39 is 24.4 Å². The Morgan fingerprint density at radius 1 is 1.34 bits per heavy atom. The number of benzene rings is 1. The predicted octanol–water partition coefficient (Wildman–Crippen LogP) is 2.01. The fourth-order valence-corrected chi connectivity index (χ4v) is 3.82. The van der Waals surface area contributed by atoms with Crippen molar-refractivity contribution in [2.24, 2.45) is 11.7 Å². The number of halogens is 2. The molecule has 0 radical (unpaired) electrons. The van der Waals surface area contributed by atoms with Crippen LogP contribution >= 0.6 is 0 Å². The number of nitrogens with one attached hydrogen (secondary N) is 1. The molecule has 32 heavy (non-hydrogen) atoms. The highest BCUT2D eigenvalue weighted by atomic mass is 19.3. The van der Waals surface area contributed by atoms with Gasteiger partial charge in [0.25, 0.3) is 12.3 Å². The number of nitrogens with two attached hydrogens (primary N) is 1. The lowest BCUT2D eigenvalue weighted by Gasteiger charge is -2.21. The second-order valence-corrected chi connectivity index (χ2v) is 7.93. The normalized spacial score (nSPS) is 18.4. The quantitative estimate of drug-likeness (QED) is 0.652. The van der Waals surface area contributed by atoms with Crippen molar-refractivity contribution < 1.29 is 27.8 Å². The summed E-state index contributed by atoms with van der Waals surface area (Å²) in [7, 11) is 0. The molecule has 4 rings (SSSR count). The molecule has 0 aliphatic carbocycles. The molecule has 0 bridgehead atoms. The number of imidazole rings is 1. The first kappa shape index (κ1) is 21.6. The summed E-state index contributed by atoms with van der Waals surface area (Å²) < 4.78 is 39.7. The van der Waals surface area contributed by atoms with Gasteiger partial charge in [-0.3, -0.25) is 9.69 Å². The minimum atomic E-state index is -2.73. The number of nitrogens with zero attached hydrogens (tertiary/aromatic N) is 3. The molecule has 2 aliphatic rings. The zero-order valence-corrected chi connectivity index (χ0v) is 17.5. The molecule has 3 N–H and O–H groups in total. The van der Waals surface area contributed by atoms with Crippen molar-refractivity contribution in [3.63, 3.8) is 0 Å². The highest BCUT2D eigenvalue weighted by Crippen LogP contribution is 2.37. The summed E-state index contributed by atoms with van der Waals surface area (Å²) in [4.78, 5) is 28.5. The van der Waals surface area contributed by atoms with Gasteiger partial charge in [0.15, 0.2) is 11.8 Å². The number of hydrogen-bond donors (Lipinski definition) is 2. The molecule has 1 aromatic carbocycles. The number of primary amides is 1. The SMILES string of the molecule is CC(C)C(Nc1ccc2c(c1)OCCn1cc(N3C(=C=O)OC[C@H]3C(F)F)nc1-2)C(N)=O. The number of rotatable bonds is 6. The van der Waals surface area contributed by atoms with Gasteiger partial charge in [-0.05, 0) is 18.1 Å². The van der Waals surface area contributed by atoms with Crippen LogP contribution in [0.25, 0.3) is 11.4 Å². The monoisotopic (exact) mass is 447 g/mol. The van der Waals surface area contributed by atoms with E-state index in [1.165, 1.54) is 0 Å². The number of hydrogen-bond acceptors (Lipinski definition) is 7. The van der Waals surface area contributed by atoms with Crippen LogP contribution in [0.3, 0.4) is 0 Å². The largest absolute Gasteiger partial charge is 0.491 e. The number of aromatic nitrogens is 2. The lowest BCUT2D eigenvalue weighted by atomic mass is 10.0. The van der Waals surface area contributed by atoms with Crippen LogP contribution in [0.5, 0.6) is 5.75 Å². The zero-order chi connectivity index (χ0) is 23.0. The first-order valence-corrected chi connectivity index (χ1v) is 10.2. The fourth-order valence-electron chi connectivity index (χ4n) is 3.82. The number of amides is 1. The lowest BCUT2D eigenvalue weighted by molar-refractivity contribution is -0.119. The van der Waals surface area contributed by atoms with Gasteiger partial charge in [0.2, 0.25) is 5.91 Å². The summed E-state index contributed by atoms with van der Waals surface area (Å²) in [6.07, 6.45) is -1.14. The third kappa shape index (κ3) is 3.87. The van der Waals surface area contributed by atoms with Crippen LogP contribution in [0.1, 0.15) is 13.8 Å². The fraction of sp³-hybridized carbons (Fsp3) is 0.429. The molecule has 170 valence electrons. The maximum absolute atomic E-state index is 13.5. The Morgan fingerprint density at radius 2 is 2.12 bits per heavy atom. The molecule has 1 aromatic heterocycles. The summed E-state index contributed by atoms with van der Waals surface area (Å²) in [5, 5.41) is 3.12. The summed E-state index contributed by atoms with van der Waals surface area (Å²) in [5.74, 6) is 1.97. The molecule has 1 amide bonds. The molecule has 1 fully saturated rings. The van der Waals surface area contributed by atoms with E-state index in [9.17, 15) is 18.4 Å². The Morgan fingerprint density at radius 3 is 2.78 bits per heavy atom. The summed E-state index contributed by atoms with van der Waals surface area (Å²) >= 11 is 0. The van der Waals surface area contributed by atoms with E-state index in [0.29, 0.717) is 36.0 Å². The Bertz CT molecular complexity index is 1080. The first-order chi connectivity index (χ1) is 15.3. The Hall–Kier alpha value is -3.59. The molecule has 0 saturated carbocycles. The Kier molecular flexibility index (Phi) is 5.75. The van der Waals surface area contributed by atoms with E-state index in [2.05, 4.69) is 10.3 Å². The number of carbonyl (C=O) groups excluding carboxylic acids is 2. The molecule has 2 atom stereocenters. The smallest absolute Gasteiger partial charge is 0.284 e. The van der Waals surface area contributed by atoms with Crippen LogP contribution in [0.4, 0.5) is 20.3 Å². The minimum Gasteiger partial charge on any atom is -0.491 e. The third-order valence-electron chi connectivity index (χ3n) is 5.44. The predicted molar refractivity (Wildman–Crippen MR) is 112 cm³/mol. The van der Waals surface area contributed by atoms with E-state index in [1.807, 2.05) is 13.8 Å². The van der Waals surface area contributed by atoms with Crippen molar-refractivity contribution in [1.82, 2.24) is 9.55 Å². The van der Waals surface area contributed by atoms with E-state index in [-0.39, 0.29) is 24.2 Å². The summed E-state index contributed by atoms with van der Waals surface area (Å²) in [5.41, 5.74) is 6.78. The first-order valence-electron chi connectivity index (χ1n) is 10.2. The van der Waals surface area contributed by atoms with E-state index in [1.54, 1.807) is 34.9 Å². The number of alkyl halides is 2.